The molecule has 0 aliphatic heterocycles. The Morgan fingerprint density at radius 2 is 1.95 bits per heavy atom. The lowest BCUT2D eigenvalue weighted by Gasteiger charge is -2.17. The van der Waals surface area contributed by atoms with Crippen molar-refractivity contribution in [3.8, 4) is 0 Å². The predicted molar refractivity (Wildman–Crippen MR) is 95.5 cm³/mol. The van der Waals surface area contributed by atoms with Crippen LogP contribution in [0.15, 0.2) is 51.5 Å². The van der Waals surface area contributed by atoms with E-state index in [9.17, 15) is 0 Å². The number of nitrogens with one attached hydrogen (secondary N) is 1. The zero-order chi connectivity index (χ0) is 15.1. The van der Waals surface area contributed by atoms with Crippen molar-refractivity contribution in [3.05, 3.63) is 62.8 Å². The van der Waals surface area contributed by atoms with E-state index in [2.05, 4.69) is 85.5 Å². The summed E-state index contributed by atoms with van der Waals surface area (Å²) in [5, 5.41) is 3.47. The van der Waals surface area contributed by atoms with Gasteiger partial charge in [0.1, 0.15) is 0 Å². The molecule has 2 rings (SSSR count). The first-order chi connectivity index (χ1) is 10.2. The summed E-state index contributed by atoms with van der Waals surface area (Å²) in [4.78, 5) is 4.50. The van der Waals surface area contributed by atoms with Crippen molar-refractivity contribution in [3.63, 3.8) is 0 Å². The molecule has 2 aromatic rings. The summed E-state index contributed by atoms with van der Waals surface area (Å²) in [6.07, 6.45) is 3.93. The second-order valence-corrected chi connectivity index (χ2v) is 7.01. The molecule has 0 bridgehead atoms. The summed E-state index contributed by atoms with van der Waals surface area (Å²) in [5.74, 6) is 0.549. The molecule has 0 amide bonds. The fourth-order valence-electron chi connectivity index (χ4n) is 2.39. The average molecular weight is 412 g/mol. The van der Waals surface area contributed by atoms with Crippen LogP contribution in [0.4, 0.5) is 0 Å². The highest BCUT2D eigenvalue weighted by molar-refractivity contribution is 9.10. The van der Waals surface area contributed by atoms with Gasteiger partial charge in [-0.2, -0.15) is 0 Å². The largest absolute Gasteiger partial charge is 0.317 e. The van der Waals surface area contributed by atoms with Gasteiger partial charge in [0.25, 0.3) is 0 Å². The molecule has 0 saturated carbocycles. The van der Waals surface area contributed by atoms with E-state index in [1.807, 2.05) is 6.20 Å². The minimum absolute atomic E-state index is 0.549. The lowest BCUT2D eigenvalue weighted by atomic mass is 9.94. The SMILES string of the molecule is CCNCC(Cc1cccc(Br)c1)Cc1ccc(Br)cn1. The summed E-state index contributed by atoms with van der Waals surface area (Å²) in [5.41, 5.74) is 2.51. The highest BCUT2D eigenvalue weighted by atomic mass is 79.9. The summed E-state index contributed by atoms with van der Waals surface area (Å²) in [7, 11) is 0. The van der Waals surface area contributed by atoms with Crippen molar-refractivity contribution >= 4 is 31.9 Å². The van der Waals surface area contributed by atoms with Gasteiger partial charge in [0.05, 0.1) is 0 Å². The molecule has 0 aliphatic rings. The summed E-state index contributed by atoms with van der Waals surface area (Å²) in [6, 6.07) is 12.7. The maximum Gasteiger partial charge on any atom is 0.0413 e. The third-order valence-electron chi connectivity index (χ3n) is 3.38. The Morgan fingerprint density at radius 3 is 2.62 bits per heavy atom. The second-order valence-electron chi connectivity index (χ2n) is 5.18. The second kappa shape index (κ2) is 8.66. The van der Waals surface area contributed by atoms with Crippen LogP contribution in [0.25, 0.3) is 0 Å². The van der Waals surface area contributed by atoms with Crippen molar-refractivity contribution in [2.24, 2.45) is 5.92 Å². The first-order valence-electron chi connectivity index (χ1n) is 7.23. The molecule has 0 saturated heterocycles. The number of hydrogen-bond donors (Lipinski definition) is 1. The number of benzene rings is 1. The zero-order valence-corrected chi connectivity index (χ0v) is 15.3. The Labute approximate surface area is 143 Å². The number of halogens is 2. The Balaban J connectivity index is 2.04. The first kappa shape index (κ1) is 16.7. The molecule has 1 heterocycles. The molecule has 0 radical (unpaired) electrons. The van der Waals surface area contributed by atoms with Gasteiger partial charge < -0.3 is 5.32 Å². The number of aromatic nitrogens is 1. The van der Waals surface area contributed by atoms with E-state index in [-0.39, 0.29) is 0 Å². The van der Waals surface area contributed by atoms with Gasteiger partial charge >= 0.3 is 0 Å². The molecule has 0 spiro atoms. The number of rotatable bonds is 7. The molecule has 4 heteroatoms. The molecule has 1 N–H and O–H groups in total. The van der Waals surface area contributed by atoms with Gasteiger partial charge in [-0.05, 0) is 77.6 Å². The van der Waals surface area contributed by atoms with Crippen LogP contribution >= 0.6 is 31.9 Å². The summed E-state index contributed by atoms with van der Waals surface area (Å²) >= 11 is 6.98. The lowest BCUT2D eigenvalue weighted by Crippen LogP contribution is -2.26. The Bertz CT molecular complexity index is 555. The van der Waals surface area contributed by atoms with Gasteiger partial charge in [-0.1, -0.05) is 35.0 Å². The van der Waals surface area contributed by atoms with E-state index >= 15 is 0 Å². The van der Waals surface area contributed by atoms with Crippen LogP contribution in [0.1, 0.15) is 18.2 Å². The minimum atomic E-state index is 0.549. The third-order valence-corrected chi connectivity index (χ3v) is 4.35. The zero-order valence-electron chi connectivity index (χ0n) is 12.2. The molecule has 1 aromatic heterocycles. The Morgan fingerprint density at radius 1 is 1.10 bits per heavy atom. The molecule has 21 heavy (non-hydrogen) atoms. The van der Waals surface area contributed by atoms with Crippen LogP contribution in [-0.4, -0.2) is 18.1 Å². The van der Waals surface area contributed by atoms with Crippen LogP contribution < -0.4 is 5.32 Å². The maximum atomic E-state index is 4.50. The van der Waals surface area contributed by atoms with E-state index in [0.717, 1.165) is 40.6 Å². The first-order valence-corrected chi connectivity index (χ1v) is 8.81. The van der Waals surface area contributed by atoms with Crippen molar-refractivity contribution in [2.75, 3.05) is 13.1 Å². The van der Waals surface area contributed by atoms with Crippen molar-refractivity contribution in [1.29, 1.82) is 0 Å². The van der Waals surface area contributed by atoms with Crippen molar-refractivity contribution < 1.29 is 0 Å². The molecular formula is C17H20Br2N2. The van der Waals surface area contributed by atoms with E-state index in [1.165, 1.54) is 5.56 Å². The highest BCUT2D eigenvalue weighted by Crippen LogP contribution is 2.18. The number of nitrogens with zero attached hydrogens (tertiary/aromatic N) is 1. The van der Waals surface area contributed by atoms with Crippen LogP contribution in [0.5, 0.6) is 0 Å². The van der Waals surface area contributed by atoms with Crippen LogP contribution in [0, 0.1) is 5.92 Å². The molecule has 0 fully saturated rings. The van der Waals surface area contributed by atoms with Gasteiger partial charge in [0.15, 0.2) is 0 Å². The summed E-state index contributed by atoms with van der Waals surface area (Å²) < 4.78 is 2.17. The van der Waals surface area contributed by atoms with Crippen molar-refractivity contribution in [1.82, 2.24) is 10.3 Å². The van der Waals surface area contributed by atoms with E-state index < -0.39 is 0 Å². The van der Waals surface area contributed by atoms with E-state index in [4.69, 9.17) is 0 Å². The standard InChI is InChI=1S/C17H20Br2N2/c1-2-20-11-14(8-13-4-3-5-15(18)9-13)10-17-7-6-16(19)12-21-17/h3-7,9,12,14,20H,2,8,10-11H2,1H3. The van der Waals surface area contributed by atoms with Gasteiger partial charge in [-0.3, -0.25) is 4.98 Å². The fourth-order valence-corrected chi connectivity index (χ4v) is 3.07. The van der Waals surface area contributed by atoms with Crippen LogP contribution in [0.2, 0.25) is 0 Å². The van der Waals surface area contributed by atoms with Crippen LogP contribution in [-0.2, 0) is 12.8 Å². The van der Waals surface area contributed by atoms with Gasteiger partial charge in [0.2, 0.25) is 0 Å². The van der Waals surface area contributed by atoms with Crippen LogP contribution in [0.3, 0.4) is 0 Å². The predicted octanol–water partition coefficient (Wildman–Crippen LogP) is 4.62. The molecule has 1 atom stereocenters. The quantitative estimate of drug-likeness (QED) is 0.718. The smallest absolute Gasteiger partial charge is 0.0413 e. The summed E-state index contributed by atoms with van der Waals surface area (Å²) in [6.45, 7) is 4.16. The average Bonchev–Trinajstić information content (AvgIpc) is 2.47. The number of pyridine rings is 1. The molecule has 0 aliphatic carbocycles. The van der Waals surface area contributed by atoms with Gasteiger partial charge in [-0.15, -0.1) is 0 Å². The monoisotopic (exact) mass is 410 g/mol. The number of hydrogen-bond acceptors (Lipinski definition) is 2. The molecule has 1 aromatic carbocycles. The lowest BCUT2D eigenvalue weighted by molar-refractivity contribution is 0.473. The molecular weight excluding hydrogens is 392 g/mol. The Kier molecular flexibility index (Phi) is 6.87. The normalized spacial score (nSPS) is 12.3. The molecule has 112 valence electrons. The Hall–Kier alpha value is -0.710. The van der Waals surface area contributed by atoms with E-state index in [0.29, 0.717) is 5.92 Å². The minimum Gasteiger partial charge on any atom is -0.317 e. The maximum absolute atomic E-state index is 4.50. The van der Waals surface area contributed by atoms with Crippen molar-refractivity contribution in [2.45, 2.75) is 19.8 Å². The van der Waals surface area contributed by atoms with E-state index in [1.54, 1.807) is 0 Å². The fraction of sp³-hybridized carbons (Fsp3) is 0.353. The van der Waals surface area contributed by atoms with Gasteiger partial charge in [0, 0.05) is 20.8 Å². The molecule has 2 nitrogen and oxygen atoms in total. The molecule has 1 unspecified atom stereocenters. The third kappa shape index (κ3) is 5.89. The van der Waals surface area contributed by atoms with Gasteiger partial charge in [-0.25, -0.2) is 0 Å². The topological polar surface area (TPSA) is 24.9 Å². The highest BCUT2D eigenvalue weighted by Gasteiger charge is 2.11.